The lowest BCUT2D eigenvalue weighted by atomic mass is 10.0. The zero-order chi connectivity index (χ0) is 20.6. The van der Waals surface area contributed by atoms with E-state index in [1.807, 2.05) is 60.7 Å². The number of nitrogens with one attached hydrogen (secondary N) is 1. The zero-order valence-corrected chi connectivity index (χ0v) is 16.6. The SMILES string of the molecule is CC(=O)[C@@H](Cc1ccccc1)NC(=O)COC(=O)c1nc(-c2ccccc2)cs1. The molecule has 148 valence electrons. The van der Waals surface area contributed by atoms with Gasteiger partial charge < -0.3 is 10.1 Å². The van der Waals surface area contributed by atoms with Gasteiger partial charge in [-0.15, -0.1) is 11.3 Å². The molecule has 0 bridgehead atoms. The summed E-state index contributed by atoms with van der Waals surface area (Å²) in [5, 5.41) is 4.55. The molecule has 2 aromatic carbocycles. The lowest BCUT2D eigenvalue weighted by Gasteiger charge is -2.16. The predicted octanol–water partition coefficient (Wildman–Crippen LogP) is 3.28. The summed E-state index contributed by atoms with van der Waals surface area (Å²) in [6.07, 6.45) is 0.378. The van der Waals surface area contributed by atoms with Crippen molar-refractivity contribution < 1.29 is 19.1 Å². The van der Waals surface area contributed by atoms with Crippen LogP contribution in [0.15, 0.2) is 66.0 Å². The number of hydrogen-bond donors (Lipinski definition) is 1. The number of amides is 1. The Kier molecular flexibility index (Phi) is 6.86. The lowest BCUT2D eigenvalue weighted by molar-refractivity contribution is -0.128. The Morgan fingerprint density at radius 2 is 1.69 bits per heavy atom. The molecule has 0 aliphatic rings. The van der Waals surface area contributed by atoms with E-state index in [0.29, 0.717) is 12.1 Å². The quantitative estimate of drug-likeness (QED) is 0.578. The number of thiazole rings is 1. The van der Waals surface area contributed by atoms with Crippen molar-refractivity contribution in [2.75, 3.05) is 6.61 Å². The Morgan fingerprint density at radius 1 is 1.03 bits per heavy atom. The summed E-state index contributed by atoms with van der Waals surface area (Å²) in [4.78, 5) is 40.4. The lowest BCUT2D eigenvalue weighted by Crippen LogP contribution is -2.43. The minimum Gasteiger partial charge on any atom is -0.450 e. The molecule has 0 aliphatic carbocycles. The van der Waals surface area contributed by atoms with Crippen LogP contribution in [0.25, 0.3) is 11.3 Å². The molecule has 3 rings (SSSR count). The summed E-state index contributed by atoms with van der Waals surface area (Å²) in [7, 11) is 0. The Morgan fingerprint density at radius 3 is 2.34 bits per heavy atom. The molecule has 7 heteroatoms. The van der Waals surface area contributed by atoms with E-state index < -0.39 is 24.5 Å². The molecule has 1 N–H and O–H groups in total. The average Bonchev–Trinajstić information content (AvgIpc) is 3.23. The molecule has 6 nitrogen and oxygen atoms in total. The van der Waals surface area contributed by atoms with Gasteiger partial charge in [-0.05, 0) is 18.9 Å². The second-order valence-electron chi connectivity index (χ2n) is 6.40. The van der Waals surface area contributed by atoms with E-state index in [4.69, 9.17) is 4.74 Å². The van der Waals surface area contributed by atoms with Crippen molar-refractivity contribution in [2.24, 2.45) is 0 Å². The fourth-order valence-electron chi connectivity index (χ4n) is 2.68. The average molecular weight is 408 g/mol. The number of ketones is 1. The highest BCUT2D eigenvalue weighted by Gasteiger charge is 2.20. The molecule has 0 radical (unpaired) electrons. The number of carbonyl (C=O) groups excluding carboxylic acids is 3. The zero-order valence-electron chi connectivity index (χ0n) is 15.8. The van der Waals surface area contributed by atoms with Crippen molar-refractivity contribution in [1.29, 1.82) is 0 Å². The van der Waals surface area contributed by atoms with Gasteiger partial charge in [0.1, 0.15) is 0 Å². The van der Waals surface area contributed by atoms with Crippen molar-refractivity contribution in [1.82, 2.24) is 10.3 Å². The van der Waals surface area contributed by atoms with Crippen LogP contribution < -0.4 is 5.32 Å². The molecule has 1 aromatic heterocycles. The molecule has 1 amide bonds. The molecule has 0 saturated heterocycles. The monoisotopic (exact) mass is 408 g/mol. The Hall–Kier alpha value is -3.32. The van der Waals surface area contributed by atoms with Crippen molar-refractivity contribution in [2.45, 2.75) is 19.4 Å². The highest BCUT2D eigenvalue weighted by Crippen LogP contribution is 2.21. The number of aromatic nitrogens is 1. The third-order valence-electron chi connectivity index (χ3n) is 4.19. The third kappa shape index (κ3) is 5.83. The molecule has 0 saturated carbocycles. The molecule has 0 aliphatic heterocycles. The summed E-state index contributed by atoms with van der Waals surface area (Å²) >= 11 is 1.15. The largest absolute Gasteiger partial charge is 0.450 e. The molecule has 29 heavy (non-hydrogen) atoms. The topological polar surface area (TPSA) is 85.4 Å². The van der Waals surface area contributed by atoms with Gasteiger partial charge in [0.05, 0.1) is 11.7 Å². The van der Waals surface area contributed by atoms with Crippen LogP contribution in [0.1, 0.15) is 22.3 Å². The van der Waals surface area contributed by atoms with Gasteiger partial charge >= 0.3 is 5.97 Å². The Labute approximate surface area is 172 Å². The first-order valence-electron chi connectivity index (χ1n) is 9.04. The number of nitrogens with zero attached hydrogens (tertiary/aromatic N) is 1. The van der Waals surface area contributed by atoms with Crippen molar-refractivity contribution in [3.05, 3.63) is 76.6 Å². The smallest absolute Gasteiger partial charge is 0.367 e. The van der Waals surface area contributed by atoms with E-state index in [0.717, 1.165) is 22.5 Å². The predicted molar refractivity (Wildman–Crippen MR) is 111 cm³/mol. The number of carbonyl (C=O) groups is 3. The highest BCUT2D eigenvalue weighted by atomic mass is 32.1. The molecule has 0 unspecified atom stereocenters. The summed E-state index contributed by atoms with van der Waals surface area (Å²) < 4.78 is 5.06. The van der Waals surface area contributed by atoms with Gasteiger partial charge in [-0.1, -0.05) is 60.7 Å². The second-order valence-corrected chi connectivity index (χ2v) is 7.26. The number of Topliss-reactive ketones (excluding diaryl/α,β-unsaturated/α-hetero) is 1. The maximum absolute atomic E-state index is 12.2. The maximum atomic E-state index is 12.2. The number of rotatable bonds is 8. The minimum atomic E-state index is -0.673. The minimum absolute atomic E-state index is 0.166. The third-order valence-corrected chi connectivity index (χ3v) is 5.01. The first kappa shape index (κ1) is 20.4. The molecule has 0 fully saturated rings. The van der Waals surface area contributed by atoms with Crippen molar-refractivity contribution in [3.63, 3.8) is 0 Å². The molecule has 1 heterocycles. The number of esters is 1. The molecule has 0 spiro atoms. The van der Waals surface area contributed by atoms with E-state index in [1.165, 1.54) is 6.92 Å². The standard InChI is InChI=1S/C22H20N2O4S/c1-15(25)18(12-16-8-4-2-5-9-16)23-20(26)13-28-22(27)21-24-19(14-29-21)17-10-6-3-7-11-17/h2-11,14,18H,12-13H2,1H3,(H,23,26)/t18-/m1/s1. The number of benzene rings is 2. The molecular weight excluding hydrogens is 388 g/mol. The number of ether oxygens (including phenoxy) is 1. The Balaban J connectivity index is 1.53. The van der Waals surface area contributed by atoms with Crippen LogP contribution in [0, 0.1) is 0 Å². The molecular formula is C22H20N2O4S. The van der Waals surface area contributed by atoms with Gasteiger partial charge in [0, 0.05) is 10.9 Å². The van der Waals surface area contributed by atoms with Crippen LogP contribution in [0.4, 0.5) is 0 Å². The van der Waals surface area contributed by atoms with Crippen LogP contribution in [0.2, 0.25) is 0 Å². The van der Waals surface area contributed by atoms with Crippen molar-refractivity contribution in [3.8, 4) is 11.3 Å². The van der Waals surface area contributed by atoms with Gasteiger partial charge in [-0.25, -0.2) is 9.78 Å². The van der Waals surface area contributed by atoms with Gasteiger partial charge in [-0.3, -0.25) is 9.59 Å². The first-order valence-corrected chi connectivity index (χ1v) is 9.92. The first-order chi connectivity index (χ1) is 14.0. The summed E-state index contributed by atoms with van der Waals surface area (Å²) in [6.45, 7) is 0.943. The van der Waals surface area contributed by atoms with Gasteiger partial charge in [0.15, 0.2) is 12.4 Å². The van der Waals surface area contributed by atoms with Crippen LogP contribution in [-0.2, 0) is 20.7 Å². The summed E-state index contributed by atoms with van der Waals surface area (Å²) in [6, 6.07) is 18.2. The van der Waals surface area contributed by atoms with Crippen LogP contribution in [0.5, 0.6) is 0 Å². The van der Waals surface area contributed by atoms with E-state index in [-0.39, 0.29) is 10.8 Å². The van der Waals surface area contributed by atoms with Crippen LogP contribution in [0.3, 0.4) is 0 Å². The normalized spacial score (nSPS) is 11.5. The fourth-order valence-corrected chi connectivity index (χ4v) is 3.40. The van der Waals surface area contributed by atoms with Gasteiger partial charge in [0.2, 0.25) is 5.01 Å². The van der Waals surface area contributed by atoms with Crippen LogP contribution in [-0.4, -0.2) is 35.3 Å². The fraction of sp³-hybridized carbons (Fsp3) is 0.182. The van der Waals surface area contributed by atoms with Gasteiger partial charge in [-0.2, -0.15) is 0 Å². The highest BCUT2D eigenvalue weighted by molar-refractivity contribution is 7.11. The van der Waals surface area contributed by atoms with Crippen molar-refractivity contribution >= 4 is 29.0 Å². The summed E-state index contributed by atoms with van der Waals surface area (Å²) in [5.74, 6) is -1.37. The maximum Gasteiger partial charge on any atom is 0.367 e. The number of hydrogen-bond acceptors (Lipinski definition) is 6. The Bertz CT molecular complexity index is 986. The van der Waals surface area contributed by atoms with E-state index >= 15 is 0 Å². The molecule has 1 atom stereocenters. The summed E-state index contributed by atoms with van der Waals surface area (Å²) in [5.41, 5.74) is 2.50. The van der Waals surface area contributed by atoms with Crippen LogP contribution >= 0.6 is 11.3 Å². The van der Waals surface area contributed by atoms with Gasteiger partial charge in [0.25, 0.3) is 5.91 Å². The van der Waals surface area contributed by atoms with E-state index in [1.54, 1.807) is 5.38 Å². The molecule has 3 aromatic rings. The van der Waals surface area contributed by atoms with E-state index in [9.17, 15) is 14.4 Å². The second kappa shape index (κ2) is 9.75. The van der Waals surface area contributed by atoms with E-state index in [2.05, 4.69) is 10.3 Å².